The van der Waals surface area contributed by atoms with Crippen molar-refractivity contribution < 1.29 is 9.59 Å². The number of hydrogen-bond donors (Lipinski definition) is 1. The van der Waals surface area contributed by atoms with Gasteiger partial charge < -0.3 is 20.0 Å². The normalized spacial score (nSPS) is 27.9. The molecule has 3 fully saturated rings. The van der Waals surface area contributed by atoms with Gasteiger partial charge in [0, 0.05) is 51.1 Å². The zero-order valence-corrected chi connectivity index (χ0v) is 17.5. The Labute approximate surface area is 170 Å². The summed E-state index contributed by atoms with van der Waals surface area (Å²) < 4.78 is 0. The number of carbonyl (C=O) groups excluding carboxylic acids is 2. The van der Waals surface area contributed by atoms with Crippen LogP contribution in [0.15, 0.2) is 18.3 Å². The van der Waals surface area contributed by atoms with Crippen molar-refractivity contribution in [3.63, 3.8) is 0 Å². The number of anilines is 1. The van der Waals surface area contributed by atoms with Crippen molar-refractivity contribution in [2.75, 3.05) is 43.4 Å². The number of likely N-dealkylation sites (N-methyl/N-ethyl adjacent to an activating group) is 1. The van der Waals surface area contributed by atoms with E-state index in [1.54, 1.807) is 16.7 Å². The molecule has 4 rings (SSSR count). The van der Waals surface area contributed by atoms with Crippen molar-refractivity contribution in [2.45, 2.75) is 44.1 Å². The van der Waals surface area contributed by atoms with Gasteiger partial charge in [-0.05, 0) is 31.5 Å². The predicted molar refractivity (Wildman–Crippen MR) is 111 cm³/mol. The van der Waals surface area contributed by atoms with Gasteiger partial charge in [0.2, 0.25) is 11.8 Å². The number of thioether (sulfide) groups is 1. The summed E-state index contributed by atoms with van der Waals surface area (Å²) in [5.41, 5.74) is 0.977. The molecule has 3 aliphatic rings. The van der Waals surface area contributed by atoms with Crippen LogP contribution in [0.3, 0.4) is 0 Å². The van der Waals surface area contributed by atoms with Crippen LogP contribution >= 0.6 is 11.8 Å². The van der Waals surface area contributed by atoms with Crippen LogP contribution in [0, 0.1) is 0 Å². The van der Waals surface area contributed by atoms with Crippen LogP contribution in [0.5, 0.6) is 0 Å². The van der Waals surface area contributed by atoms with Gasteiger partial charge in [0.25, 0.3) is 0 Å². The minimum atomic E-state index is -0.355. The minimum absolute atomic E-state index is 0.0637. The lowest BCUT2D eigenvalue weighted by Gasteiger charge is -2.34. The molecule has 0 aromatic carbocycles. The fourth-order valence-electron chi connectivity index (χ4n) is 4.32. The average Bonchev–Trinajstić information content (AvgIpc) is 3.22. The molecule has 3 aliphatic heterocycles. The highest BCUT2D eigenvalue weighted by atomic mass is 32.2. The number of carbonyl (C=O) groups is 2. The molecule has 8 heteroatoms. The van der Waals surface area contributed by atoms with Crippen molar-refractivity contribution in [1.82, 2.24) is 20.1 Å². The maximum atomic E-state index is 12.7. The van der Waals surface area contributed by atoms with Crippen LogP contribution in [-0.4, -0.2) is 76.0 Å². The minimum Gasteiger partial charge on any atom is -0.354 e. The molecule has 7 nitrogen and oxygen atoms in total. The highest BCUT2D eigenvalue weighted by molar-refractivity contribution is 8.01. The standard InChI is InChI=1S/C20H29N5O2S/c1-3-23-8-10-24(11-9-23)17-5-4-15(12-21-17)13-22-19(27)16-14-28-20(2)7-6-18(26)25(16)20/h4-5,12,16H,3,6-11,13-14H2,1-2H3,(H,22,27)/t16-,20+/m1/s1. The Morgan fingerprint density at radius 3 is 2.79 bits per heavy atom. The number of amides is 2. The topological polar surface area (TPSA) is 68.8 Å². The molecule has 4 heterocycles. The van der Waals surface area contributed by atoms with Gasteiger partial charge in [-0.1, -0.05) is 13.0 Å². The number of fused-ring (bicyclic) bond motifs is 1. The smallest absolute Gasteiger partial charge is 0.243 e. The first-order valence-corrected chi connectivity index (χ1v) is 11.1. The van der Waals surface area contributed by atoms with Gasteiger partial charge in [0.1, 0.15) is 11.9 Å². The van der Waals surface area contributed by atoms with Crippen LogP contribution in [0.1, 0.15) is 32.3 Å². The number of nitrogens with one attached hydrogen (secondary N) is 1. The van der Waals surface area contributed by atoms with E-state index in [0.29, 0.717) is 18.7 Å². The van der Waals surface area contributed by atoms with Gasteiger partial charge in [-0.15, -0.1) is 11.8 Å². The van der Waals surface area contributed by atoms with Crippen molar-refractivity contribution in [3.05, 3.63) is 23.9 Å². The molecule has 28 heavy (non-hydrogen) atoms. The van der Waals surface area contributed by atoms with Gasteiger partial charge in [0.05, 0.1) is 4.87 Å². The van der Waals surface area contributed by atoms with Crippen molar-refractivity contribution >= 4 is 29.4 Å². The summed E-state index contributed by atoms with van der Waals surface area (Å²) in [5, 5.41) is 3.00. The van der Waals surface area contributed by atoms with Crippen LogP contribution in [0.4, 0.5) is 5.82 Å². The van der Waals surface area contributed by atoms with Gasteiger partial charge in [-0.25, -0.2) is 4.98 Å². The summed E-state index contributed by atoms with van der Waals surface area (Å²) in [7, 11) is 0. The second-order valence-corrected chi connectivity index (χ2v) is 9.43. The largest absolute Gasteiger partial charge is 0.354 e. The quantitative estimate of drug-likeness (QED) is 0.799. The first kappa shape index (κ1) is 19.5. The molecular formula is C20H29N5O2S. The molecule has 0 unspecified atom stereocenters. The van der Waals surface area contributed by atoms with Gasteiger partial charge in [-0.3, -0.25) is 9.59 Å². The van der Waals surface area contributed by atoms with Crippen molar-refractivity contribution in [1.29, 1.82) is 0 Å². The first-order valence-electron chi connectivity index (χ1n) is 10.2. The molecule has 2 atom stereocenters. The summed E-state index contributed by atoms with van der Waals surface area (Å²) in [6.07, 6.45) is 3.22. The molecule has 0 radical (unpaired) electrons. The van der Waals surface area contributed by atoms with Crippen molar-refractivity contribution in [3.8, 4) is 0 Å². The summed E-state index contributed by atoms with van der Waals surface area (Å²) in [6.45, 7) is 9.95. The van der Waals surface area contributed by atoms with E-state index in [4.69, 9.17) is 0 Å². The maximum absolute atomic E-state index is 12.7. The Morgan fingerprint density at radius 2 is 2.11 bits per heavy atom. The molecule has 152 valence electrons. The molecule has 1 aromatic rings. The van der Waals surface area contributed by atoms with E-state index in [1.165, 1.54) is 0 Å². The second-order valence-electron chi connectivity index (χ2n) is 7.93. The highest BCUT2D eigenvalue weighted by Crippen LogP contribution is 2.47. The first-order chi connectivity index (χ1) is 13.5. The van der Waals surface area contributed by atoms with E-state index in [9.17, 15) is 9.59 Å². The van der Waals surface area contributed by atoms with Gasteiger partial charge in [-0.2, -0.15) is 0 Å². The van der Waals surface area contributed by atoms with E-state index in [2.05, 4.69) is 33.9 Å². The summed E-state index contributed by atoms with van der Waals surface area (Å²) in [5.74, 6) is 1.71. The van der Waals surface area contributed by atoms with Gasteiger partial charge in [0.15, 0.2) is 0 Å². The zero-order valence-electron chi connectivity index (χ0n) is 16.7. The van der Waals surface area contributed by atoms with Crippen LogP contribution in [0.25, 0.3) is 0 Å². The van der Waals surface area contributed by atoms with Crippen molar-refractivity contribution in [2.24, 2.45) is 0 Å². The van der Waals surface area contributed by atoms with E-state index in [-0.39, 0.29) is 22.7 Å². The number of hydrogen-bond acceptors (Lipinski definition) is 6. The van der Waals surface area contributed by atoms with E-state index in [1.807, 2.05) is 18.3 Å². The zero-order chi connectivity index (χ0) is 19.7. The Hall–Kier alpha value is -1.80. The Bertz CT molecular complexity index is 735. The molecule has 3 saturated heterocycles. The molecule has 1 aromatic heterocycles. The Morgan fingerprint density at radius 1 is 1.32 bits per heavy atom. The van der Waals surface area contributed by atoms with E-state index < -0.39 is 0 Å². The SMILES string of the molecule is CCN1CCN(c2ccc(CNC(=O)[C@H]3CS[C@@]4(C)CCC(=O)N34)cn2)CC1. The third-order valence-corrected chi connectivity index (χ3v) is 7.67. The molecule has 0 saturated carbocycles. The molecule has 1 N–H and O–H groups in total. The lowest BCUT2D eigenvalue weighted by Crippen LogP contribution is -2.49. The summed E-state index contributed by atoms with van der Waals surface area (Å²) >= 11 is 1.72. The Kier molecular flexibility index (Phi) is 5.51. The average molecular weight is 404 g/mol. The number of piperazine rings is 1. The van der Waals surface area contributed by atoms with Crippen LogP contribution in [0.2, 0.25) is 0 Å². The van der Waals surface area contributed by atoms with E-state index in [0.717, 1.165) is 50.5 Å². The van der Waals surface area contributed by atoms with Gasteiger partial charge >= 0.3 is 0 Å². The number of pyridine rings is 1. The molecule has 0 bridgehead atoms. The fourth-order valence-corrected chi connectivity index (χ4v) is 5.76. The molecular weight excluding hydrogens is 374 g/mol. The molecule has 0 spiro atoms. The van der Waals surface area contributed by atoms with Crippen LogP contribution in [-0.2, 0) is 16.1 Å². The lowest BCUT2D eigenvalue weighted by atomic mass is 10.2. The summed E-state index contributed by atoms with van der Waals surface area (Å²) in [6, 6.07) is 3.71. The monoisotopic (exact) mass is 403 g/mol. The molecule has 0 aliphatic carbocycles. The number of nitrogens with zero attached hydrogens (tertiary/aromatic N) is 4. The fraction of sp³-hybridized carbons (Fsp3) is 0.650. The number of aromatic nitrogens is 1. The second kappa shape index (κ2) is 7.91. The third kappa shape index (κ3) is 3.72. The highest BCUT2D eigenvalue weighted by Gasteiger charge is 2.52. The number of rotatable bonds is 5. The molecule has 2 amide bonds. The Balaban J connectivity index is 1.31. The third-order valence-electron chi connectivity index (χ3n) is 6.17. The van der Waals surface area contributed by atoms with Crippen LogP contribution < -0.4 is 10.2 Å². The summed E-state index contributed by atoms with van der Waals surface area (Å²) in [4.78, 5) is 35.8. The lowest BCUT2D eigenvalue weighted by molar-refractivity contribution is -0.138. The predicted octanol–water partition coefficient (Wildman–Crippen LogP) is 1.29. The van der Waals surface area contributed by atoms with E-state index >= 15 is 0 Å². The maximum Gasteiger partial charge on any atom is 0.243 e.